The van der Waals surface area contributed by atoms with Gasteiger partial charge in [-0.05, 0) is 42.8 Å². The minimum Gasteiger partial charge on any atom is -0.355 e. The number of nitrogens with one attached hydrogen (secondary N) is 1. The lowest BCUT2D eigenvalue weighted by Crippen LogP contribution is -2.33. The molecule has 0 saturated carbocycles. The van der Waals surface area contributed by atoms with Crippen molar-refractivity contribution in [3.63, 3.8) is 0 Å². The smallest absolute Gasteiger partial charge is 0.263 e. The number of halogens is 1. The van der Waals surface area contributed by atoms with Crippen molar-refractivity contribution in [1.82, 2.24) is 20.0 Å². The van der Waals surface area contributed by atoms with E-state index >= 15 is 0 Å². The Morgan fingerprint density at radius 1 is 1.26 bits per heavy atom. The highest BCUT2D eigenvalue weighted by Gasteiger charge is 2.15. The van der Waals surface area contributed by atoms with E-state index in [4.69, 9.17) is 4.52 Å². The van der Waals surface area contributed by atoms with Gasteiger partial charge in [-0.3, -0.25) is 9.59 Å². The number of carbonyl (C=O) groups is 1. The molecule has 2 heterocycles. The van der Waals surface area contributed by atoms with Gasteiger partial charge >= 0.3 is 0 Å². The van der Waals surface area contributed by atoms with Crippen molar-refractivity contribution in [2.75, 3.05) is 6.54 Å². The molecular formula is C19H19FN4O3. The van der Waals surface area contributed by atoms with Crippen molar-refractivity contribution in [1.29, 1.82) is 0 Å². The van der Waals surface area contributed by atoms with Crippen LogP contribution in [0.15, 0.2) is 51.9 Å². The van der Waals surface area contributed by atoms with Crippen LogP contribution in [0, 0.1) is 5.82 Å². The molecule has 1 N–H and O–H groups in total. The largest absolute Gasteiger partial charge is 0.355 e. The number of pyridine rings is 1. The van der Waals surface area contributed by atoms with Crippen LogP contribution in [0.2, 0.25) is 0 Å². The van der Waals surface area contributed by atoms with Crippen molar-refractivity contribution in [2.45, 2.75) is 26.3 Å². The highest BCUT2D eigenvalue weighted by atomic mass is 19.1. The van der Waals surface area contributed by atoms with E-state index in [1.165, 1.54) is 35.0 Å². The fourth-order valence-electron chi connectivity index (χ4n) is 2.49. The Hall–Kier alpha value is -3.29. The van der Waals surface area contributed by atoms with E-state index in [1.54, 1.807) is 12.1 Å². The molecule has 0 spiro atoms. The first kappa shape index (κ1) is 18.5. The maximum atomic E-state index is 13.0. The minimum absolute atomic E-state index is 0.0417. The van der Waals surface area contributed by atoms with Crippen LogP contribution in [0.1, 0.15) is 19.8 Å². The van der Waals surface area contributed by atoms with E-state index in [9.17, 15) is 14.0 Å². The van der Waals surface area contributed by atoms with Gasteiger partial charge in [0.25, 0.3) is 11.4 Å². The third kappa shape index (κ3) is 4.46. The van der Waals surface area contributed by atoms with Gasteiger partial charge in [-0.1, -0.05) is 18.5 Å². The molecule has 8 heteroatoms. The molecule has 0 bridgehead atoms. The predicted octanol–water partition coefficient (Wildman–Crippen LogP) is 2.62. The molecule has 1 amide bonds. The van der Waals surface area contributed by atoms with Gasteiger partial charge in [-0.25, -0.2) is 4.39 Å². The van der Waals surface area contributed by atoms with E-state index in [-0.39, 0.29) is 35.5 Å². The molecule has 2 aromatic heterocycles. The fourth-order valence-corrected chi connectivity index (χ4v) is 2.49. The van der Waals surface area contributed by atoms with Crippen LogP contribution in [0.5, 0.6) is 0 Å². The second-order valence-electron chi connectivity index (χ2n) is 5.99. The summed E-state index contributed by atoms with van der Waals surface area (Å²) in [5.74, 6) is -0.317. The molecule has 7 nitrogen and oxygen atoms in total. The Bertz CT molecular complexity index is 979. The summed E-state index contributed by atoms with van der Waals surface area (Å²) in [5.41, 5.74) is 0.357. The number of nitrogens with zero attached hydrogens (tertiary/aromatic N) is 3. The first-order valence-corrected chi connectivity index (χ1v) is 8.64. The van der Waals surface area contributed by atoms with Crippen LogP contribution in [0.4, 0.5) is 4.39 Å². The van der Waals surface area contributed by atoms with E-state index in [1.807, 2.05) is 6.92 Å². The van der Waals surface area contributed by atoms with Gasteiger partial charge < -0.3 is 14.4 Å². The lowest BCUT2D eigenvalue weighted by Gasteiger charge is -2.07. The molecule has 3 aromatic rings. The minimum atomic E-state index is -0.405. The lowest BCUT2D eigenvalue weighted by molar-refractivity contribution is -0.121. The third-order valence-corrected chi connectivity index (χ3v) is 3.95. The van der Waals surface area contributed by atoms with Gasteiger partial charge in [-0.2, -0.15) is 4.98 Å². The van der Waals surface area contributed by atoms with Gasteiger partial charge in [0.2, 0.25) is 11.7 Å². The Balaban J connectivity index is 1.81. The van der Waals surface area contributed by atoms with E-state index in [0.717, 1.165) is 12.8 Å². The van der Waals surface area contributed by atoms with Gasteiger partial charge in [0.15, 0.2) is 0 Å². The van der Waals surface area contributed by atoms with Crippen LogP contribution < -0.4 is 10.9 Å². The van der Waals surface area contributed by atoms with Crippen molar-refractivity contribution in [3.05, 3.63) is 58.8 Å². The average molecular weight is 370 g/mol. The second kappa shape index (κ2) is 8.39. The van der Waals surface area contributed by atoms with Crippen LogP contribution in [0.3, 0.4) is 0 Å². The van der Waals surface area contributed by atoms with Gasteiger partial charge in [0, 0.05) is 18.3 Å². The quantitative estimate of drug-likeness (QED) is 0.646. The van der Waals surface area contributed by atoms with E-state index < -0.39 is 5.56 Å². The molecule has 0 fully saturated rings. The number of hydrogen-bond acceptors (Lipinski definition) is 5. The highest BCUT2D eigenvalue weighted by molar-refractivity contribution is 5.75. The third-order valence-electron chi connectivity index (χ3n) is 3.95. The summed E-state index contributed by atoms with van der Waals surface area (Å²) in [6.07, 6.45) is 3.39. The molecule has 0 saturated heterocycles. The predicted molar refractivity (Wildman–Crippen MR) is 97.3 cm³/mol. The molecule has 0 aliphatic rings. The maximum absolute atomic E-state index is 13.0. The summed E-state index contributed by atoms with van der Waals surface area (Å²) in [4.78, 5) is 28.8. The van der Waals surface area contributed by atoms with Crippen molar-refractivity contribution in [2.24, 2.45) is 0 Å². The van der Waals surface area contributed by atoms with Crippen LogP contribution in [-0.2, 0) is 11.3 Å². The molecule has 0 radical (unpaired) electrons. The summed E-state index contributed by atoms with van der Waals surface area (Å²) in [6, 6.07) is 8.81. The van der Waals surface area contributed by atoms with Crippen molar-refractivity contribution < 1.29 is 13.7 Å². The zero-order chi connectivity index (χ0) is 19.2. The van der Waals surface area contributed by atoms with Crippen molar-refractivity contribution in [3.8, 4) is 22.8 Å². The molecule has 27 heavy (non-hydrogen) atoms. The lowest BCUT2D eigenvalue weighted by atomic mass is 10.2. The average Bonchev–Trinajstić information content (AvgIpc) is 3.14. The molecule has 0 aliphatic carbocycles. The maximum Gasteiger partial charge on any atom is 0.263 e. The highest BCUT2D eigenvalue weighted by Crippen LogP contribution is 2.20. The molecule has 0 atom stereocenters. The van der Waals surface area contributed by atoms with Crippen LogP contribution in [-0.4, -0.2) is 27.2 Å². The summed E-state index contributed by atoms with van der Waals surface area (Å²) < 4.78 is 19.5. The number of benzene rings is 1. The molecule has 0 unspecified atom stereocenters. The Labute approximate surface area is 154 Å². The molecule has 3 rings (SSSR count). The standard InChI is InChI=1S/C19H19FN4O3/c1-2-3-10-21-16(25)12-24-11-4-5-15(19(24)26)18-22-17(23-27-18)13-6-8-14(20)9-7-13/h4-9,11H,2-3,10,12H2,1H3,(H,21,25). The summed E-state index contributed by atoms with van der Waals surface area (Å²) in [5, 5.41) is 6.61. The number of rotatable bonds is 7. The second-order valence-corrected chi connectivity index (χ2v) is 5.99. The topological polar surface area (TPSA) is 90.0 Å². The Morgan fingerprint density at radius 3 is 2.78 bits per heavy atom. The van der Waals surface area contributed by atoms with Gasteiger partial charge in [-0.15, -0.1) is 0 Å². The first-order valence-electron chi connectivity index (χ1n) is 8.64. The normalized spacial score (nSPS) is 10.7. The molecule has 1 aromatic carbocycles. The summed E-state index contributed by atoms with van der Waals surface area (Å²) >= 11 is 0. The first-order chi connectivity index (χ1) is 13.1. The number of hydrogen-bond donors (Lipinski definition) is 1. The molecular weight excluding hydrogens is 351 g/mol. The van der Waals surface area contributed by atoms with Gasteiger partial charge in [0.1, 0.15) is 17.9 Å². The zero-order valence-electron chi connectivity index (χ0n) is 14.8. The van der Waals surface area contributed by atoms with E-state index in [0.29, 0.717) is 12.1 Å². The Morgan fingerprint density at radius 2 is 2.04 bits per heavy atom. The fraction of sp³-hybridized carbons (Fsp3) is 0.263. The monoisotopic (exact) mass is 370 g/mol. The summed E-state index contributed by atoms with van der Waals surface area (Å²) in [6.45, 7) is 2.52. The van der Waals surface area contributed by atoms with Gasteiger partial charge in [0.05, 0.1) is 0 Å². The van der Waals surface area contributed by atoms with E-state index in [2.05, 4.69) is 15.5 Å². The Kier molecular flexibility index (Phi) is 5.75. The zero-order valence-corrected chi connectivity index (χ0v) is 14.8. The summed E-state index contributed by atoms with van der Waals surface area (Å²) in [7, 11) is 0. The number of amides is 1. The number of aromatic nitrogens is 3. The number of carbonyl (C=O) groups excluding carboxylic acids is 1. The van der Waals surface area contributed by atoms with Crippen LogP contribution in [0.25, 0.3) is 22.8 Å². The molecule has 0 aliphatic heterocycles. The SMILES string of the molecule is CCCCNC(=O)Cn1cccc(-c2nc(-c3ccc(F)cc3)no2)c1=O. The number of unbranched alkanes of at least 4 members (excludes halogenated alkanes) is 1. The van der Waals surface area contributed by atoms with Crippen molar-refractivity contribution >= 4 is 5.91 Å². The molecule has 140 valence electrons. The van der Waals surface area contributed by atoms with Crippen LogP contribution >= 0.6 is 0 Å².